The molecule has 0 fully saturated rings. The molecule has 0 saturated carbocycles. The van der Waals surface area contributed by atoms with Gasteiger partial charge in [0.25, 0.3) is 0 Å². The van der Waals surface area contributed by atoms with E-state index in [4.69, 9.17) is 0 Å². The zero-order valence-corrected chi connectivity index (χ0v) is 11.7. The van der Waals surface area contributed by atoms with Crippen molar-refractivity contribution in [3.63, 3.8) is 0 Å². The molecule has 2 heteroatoms. The highest BCUT2D eigenvalue weighted by Gasteiger charge is 2.08. The van der Waals surface area contributed by atoms with Gasteiger partial charge in [-0.2, -0.15) is 0 Å². The smallest absolute Gasteiger partial charge is 0.0369 e. The minimum absolute atomic E-state index is 0.537. The molecule has 0 bridgehead atoms. The molecule has 0 heterocycles. The lowest BCUT2D eigenvalue weighted by Gasteiger charge is -2.27. The van der Waals surface area contributed by atoms with Crippen molar-refractivity contribution >= 4 is 5.69 Å². The Labute approximate surface area is 106 Å². The largest absolute Gasteiger partial charge is 0.370 e. The molecule has 0 aromatic heterocycles. The number of hydrogen-bond donors (Lipinski definition) is 1. The second-order valence-corrected chi connectivity index (χ2v) is 4.73. The zero-order valence-electron chi connectivity index (χ0n) is 11.7. The van der Waals surface area contributed by atoms with Gasteiger partial charge in [0.1, 0.15) is 0 Å². The fourth-order valence-electron chi connectivity index (χ4n) is 2.03. The number of aryl methyl sites for hydroxylation is 1. The average Bonchev–Trinajstić information content (AvgIpc) is 2.33. The molecule has 0 aliphatic rings. The van der Waals surface area contributed by atoms with Crippen molar-refractivity contribution in [3.05, 3.63) is 29.8 Å². The molecule has 0 spiro atoms. The molecule has 0 amide bonds. The highest BCUT2D eigenvalue weighted by atomic mass is 15.1. The molecule has 1 rings (SSSR count). The SMILES string of the molecule is CCCNC(C)CN(CC)c1cccc(C)c1. The summed E-state index contributed by atoms with van der Waals surface area (Å²) in [6, 6.07) is 9.28. The Balaban J connectivity index is 2.59. The van der Waals surface area contributed by atoms with Gasteiger partial charge < -0.3 is 10.2 Å². The van der Waals surface area contributed by atoms with Gasteiger partial charge in [0.2, 0.25) is 0 Å². The fourth-order valence-corrected chi connectivity index (χ4v) is 2.03. The van der Waals surface area contributed by atoms with E-state index in [1.807, 2.05) is 0 Å². The predicted molar refractivity (Wildman–Crippen MR) is 76.8 cm³/mol. The fraction of sp³-hybridized carbons (Fsp3) is 0.600. The summed E-state index contributed by atoms with van der Waals surface area (Å²) in [5.74, 6) is 0. The van der Waals surface area contributed by atoms with Crippen LogP contribution in [0.1, 0.15) is 32.8 Å². The summed E-state index contributed by atoms with van der Waals surface area (Å²) in [5, 5.41) is 3.54. The first-order valence-corrected chi connectivity index (χ1v) is 6.72. The molecule has 1 aromatic rings. The predicted octanol–water partition coefficient (Wildman–Crippen LogP) is 3.21. The number of likely N-dealkylation sites (N-methyl/N-ethyl adjacent to an activating group) is 1. The van der Waals surface area contributed by atoms with Crippen LogP contribution in [0.15, 0.2) is 24.3 Å². The summed E-state index contributed by atoms with van der Waals surface area (Å²) in [5.41, 5.74) is 2.66. The quantitative estimate of drug-likeness (QED) is 0.779. The standard InChI is InChI=1S/C15H26N2/c1-5-10-16-14(4)12-17(6-2)15-9-7-8-13(3)11-15/h7-9,11,14,16H,5-6,10,12H2,1-4H3. The van der Waals surface area contributed by atoms with Crippen LogP contribution in [0.5, 0.6) is 0 Å². The summed E-state index contributed by atoms with van der Waals surface area (Å²) in [6.45, 7) is 12.1. The molecule has 0 aliphatic carbocycles. The van der Waals surface area contributed by atoms with Crippen LogP contribution in [0.3, 0.4) is 0 Å². The summed E-state index contributed by atoms with van der Waals surface area (Å²) in [4.78, 5) is 2.43. The van der Waals surface area contributed by atoms with Gasteiger partial charge in [-0.25, -0.2) is 0 Å². The Morgan fingerprint density at radius 3 is 2.65 bits per heavy atom. The average molecular weight is 234 g/mol. The summed E-state index contributed by atoms with van der Waals surface area (Å²) in [7, 11) is 0. The maximum Gasteiger partial charge on any atom is 0.0369 e. The molecule has 0 saturated heterocycles. The molecule has 0 aliphatic heterocycles. The zero-order chi connectivity index (χ0) is 12.7. The van der Waals surface area contributed by atoms with Crippen LogP contribution in [0.4, 0.5) is 5.69 Å². The van der Waals surface area contributed by atoms with Gasteiger partial charge in [0.15, 0.2) is 0 Å². The topological polar surface area (TPSA) is 15.3 Å². The highest BCUT2D eigenvalue weighted by molar-refractivity contribution is 5.48. The molecule has 96 valence electrons. The van der Waals surface area contributed by atoms with E-state index in [2.05, 4.69) is 62.2 Å². The third-order valence-electron chi connectivity index (χ3n) is 2.99. The summed E-state index contributed by atoms with van der Waals surface area (Å²) < 4.78 is 0. The summed E-state index contributed by atoms with van der Waals surface area (Å²) in [6.07, 6.45) is 1.20. The van der Waals surface area contributed by atoms with Crippen molar-refractivity contribution in [2.24, 2.45) is 0 Å². The maximum absolute atomic E-state index is 3.54. The molecule has 1 N–H and O–H groups in total. The second-order valence-electron chi connectivity index (χ2n) is 4.73. The normalized spacial score (nSPS) is 12.5. The molecule has 1 unspecified atom stereocenters. The maximum atomic E-state index is 3.54. The Morgan fingerprint density at radius 1 is 1.29 bits per heavy atom. The van der Waals surface area contributed by atoms with E-state index in [-0.39, 0.29) is 0 Å². The van der Waals surface area contributed by atoms with Gasteiger partial charge in [0, 0.05) is 24.8 Å². The number of anilines is 1. The van der Waals surface area contributed by atoms with Crippen LogP contribution < -0.4 is 10.2 Å². The molecule has 2 nitrogen and oxygen atoms in total. The summed E-state index contributed by atoms with van der Waals surface area (Å²) >= 11 is 0. The van der Waals surface area contributed by atoms with E-state index < -0.39 is 0 Å². The number of nitrogens with one attached hydrogen (secondary N) is 1. The van der Waals surface area contributed by atoms with Gasteiger partial charge in [-0.3, -0.25) is 0 Å². The van der Waals surface area contributed by atoms with Gasteiger partial charge in [-0.1, -0.05) is 19.1 Å². The number of benzene rings is 1. The van der Waals surface area contributed by atoms with Crippen LogP contribution >= 0.6 is 0 Å². The first kappa shape index (κ1) is 14.0. The van der Waals surface area contributed by atoms with Crippen molar-refractivity contribution < 1.29 is 0 Å². The van der Waals surface area contributed by atoms with Crippen molar-refractivity contribution in [1.29, 1.82) is 0 Å². The van der Waals surface area contributed by atoms with E-state index in [9.17, 15) is 0 Å². The molecule has 0 radical (unpaired) electrons. The monoisotopic (exact) mass is 234 g/mol. The number of hydrogen-bond acceptors (Lipinski definition) is 2. The van der Waals surface area contributed by atoms with Crippen LogP contribution in [-0.2, 0) is 0 Å². The first-order valence-electron chi connectivity index (χ1n) is 6.72. The van der Waals surface area contributed by atoms with E-state index in [0.29, 0.717) is 6.04 Å². The minimum Gasteiger partial charge on any atom is -0.370 e. The van der Waals surface area contributed by atoms with Crippen molar-refractivity contribution in [1.82, 2.24) is 5.32 Å². The van der Waals surface area contributed by atoms with E-state index >= 15 is 0 Å². The highest BCUT2D eigenvalue weighted by Crippen LogP contribution is 2.15. The van der Waals surface area contributed by atoms with Crippen molar-refractivity contribution in [3.8, 4) is 0 Å². The molecule has 17 heavy (non-hydrogen) atoms. The minimum atomic E-state index is 0.537. The van der Waals surface area contributed by atoms with Gasteiger partial charge in [-0.15, -0.1) is 0 Å². The van der Waals surface area contributed by atoms with Gasteiger partial charge in [0.05, 0.1) is 0 Å². The van der Waals surface area contributed by atoms with Crippen LogP contribution in [-0.4, -0.2) is 25.7 Å². The Hall–Kier alpha value is -1.02. The molecule has 1 aromatic carbocycles. The van der Waals surface area contributed by atoms with Gasteiger partial charge >= 0.3 is 0 Å². The number of rotatable bonds is 7. The van der Waals surface area contributed by atoms with Gasteiger partial charge in [-0.05, 0) is 51.4 Å². The Kier molecular flexibility index (Phi) is 6.06. The number of nitrogens with zero attached hydrogens (tertiary/aromatic N) is 1. The van der Waals surface area contributed by atoms with Crippen LogP contribution in [0.2, 0.25) is 0 Å². The molecular weight excluding hydrogens is 208 g/mol. The first-order chi connectivity index (χ1) is 8.17. The lowest BCUT2D eigenvalue weighted by atomic mass is 10.2. The van der Waals surface area contributed by atoms with Crippen LogP contribution in [0, 0.1) is 6.92 Å². The Bertz CT molecular complexity index is 322. The molecule has 1 atom stereocenters. The lowest BCUT2D eigenvalue weighted by Crippen LogP contribution is -2.39. The van der Waals surface area contributed by atoms with E-state index in [0.717, 1.165) is 19.6 Å². The lowest BCUT2D eigenvalue weighted by molar-refractivity contribution is 0.536. The van der Waals surface area contributed by atoms with Crippen molar-refractivity contribution in [2.45, 2.75) is 40.2 Å². The molecular formula is C15H26N2. The third-order valence-corrected chi connectivity index (χ3v) is 2.99. The second kappa shape index (κ2) is 7.33. The van der Waals surface area contributed by atoms with Crippen molar-refractivity contribution in [2.75, 3.05) is 24.5 Å². The Morgan fingerprint density at radius 2 is 2.06 bits per heavy atom. The van der Waals surface area contributed by atoms with E-state index in [1.165, 1.54) is 17.7 Å². The van der Waals surface area contributed by atoms with E-state index in [1.54, 1.807) is 0 Å². The third kappa shape index (κ3) is 4.78. The van der Waals surface area contributed by atoms with Crippen LogP contribution in [0.25, 0.3) is 0 Å².